The van der Waals surface area contributed by atoms with Crippen molar-refractivity contribution < 1.29 is 29.6 Å². The third kappa shape index (κ3) is 8.08. The Labute approximate surface area is 270 Å². The number of benzene rings is 1. The van der Waals surface area contributed by atoms with E-state index in [0.29, 0.717) is 32.5 Å². The van der Waals surface area contributed by atoms with Crippen LogP contribution in [0, 0.1) is 0 Å². The highest BCUT2D eigenvalue weighted by Crippen LogP contribution is 2.28. The number of carbonyl (C=O) groups excluding carboxylic acids is 1. The minimum absolute atomic E-state index is 0.0174. The Balaban J connectivity index is 0.972. The molecule has 14 nitrogen and oxygen atoms in total. The smallest absolute Gasteiger partial charge is 0.237 e. The van der Waals surface area contributed by atoms with Gasteiger partial charge in [0.2, 0.25) is 5.91 Å². The number of para-hydroxylation sites is 1. The highest BCUT2D eigenvalue weighted by molar-refractivity contribution is 5.88. The Hall–Kier alpha value is -2.21. The number of nitrogens with one attached hydrogen (secondary N) is 4. The van der Waals surface area contributed by atoms with Crippen LogP contribution in [0.25, 0.3) is 10.9 Å². The average Bonchev–Trinajstić information content (AvgIpc) is 3.43. The Morgan fingerprint density at radius 2 is 1.67 bits per heavy atom. The van der Waals surface area contributed by atoms with Crippen LogP contribution in [-0.4, -0.2) is 113 Å². The van der Waals surface area contributed by atoms with E-state index in [0.717, 1.165) is 49.7 Å². The van der Waals surface area contributed by atoms with Crippen LogP contribution < -0.4 is 38.9 Å². The van der Waals surface area contributed by atoms with Gasteiger partial charge in [-0.05, 0) is 43.9 Å². The summed E-state index contributed by atoms with van der Waals surface area (Å²) in [5.74, 6) is 0.0543. The zero-order chi connectivity index (χ0) is 32.8. The highest BCUT2D eigenvalue weighted by atomic mass is 16.7. The summed E-state index contributed by atoms with van der Waals surface area (Å²) < 4.78 is 11.9. The number of nitrogens with two attached hydrogens (primary N) is 4. The predicted octanol–water partition coefficient (Wildman–Crippen LogP) is -1.87. The molecular formula is C32H54N8O6. The molecule has 1 aromatic carbocycles. The number of aromatic amines is 1. The molecule has 2 aromatic rings. The number of fused-ring (bicyclic) bond motifs is 3. The van der Waals surface area contributed by atoms with Crippen LogP contribution in [0.3, 0.4) is 0 Å². The number of amides is 1. The summed E-state index contributed by atoms with van der Waals surface area (Å²) >= 11 is 0. The standard InChI is InChI=1S/C32H54N8O6/c33-15-24-28(42)29(43)25(36)32(45-24)46-30-20(35)14-19(34)27(41)26(30)37-11-7-3-1-2-4-8-12-38-31(44)22-13-18-17-9-5-6-10-21(17)40-23(18)16-39-22/h5-6,9-10,19-20,22,24-30,32,37,39-43H,1-4,7-8,11-16,33-36H2,(H,38,44)/t19-,20+,22?,24-,25-,26+,27+,28-,29-,30-,32+/m1/s1. The summed E-state index contributed by atoms with van der Waals surface area (Å²) in [6, 6.07) is 5.44. The molecule has 5 rings (SSSR count). The Bertz CT molecular complexity index is 1260. The molecular weight excluding hydrogens is 592 g/mol. The van der Waals surface area contributed by atoms with E-state index in [4.69, 9.17) is 32.4 Å². The molecule has 258 valence electrons. The van der Waals surface area contributed by atoms with E-state index in [1.54, 1.807) is 0 Å². The van der Waals surface area contributed by atoms with E-state index >= 15 is 0 Å². The van der Waals surface area contributed by atoms with Gasteiger partial charge in [-0.3, -0.25) is 10.1 Å². The number of ether oxygens (including phenoxy) is 2. The van der Waals surface area contributed by atoms with Gasteiger partial charge in [-0.1, -0.05) is 43.9 Å². The van der Waals surface area contributed by atoms with Gasteiger partial charge in [0.15, 0.2) is 6.29 Å². The Morgan fingerprint density at radius 1 is 0.957 bits per heavy atom. The number of aliphatic hydroxyl groups excluding tert-OH is 3. The van der Waals surface area contributed by atoms with Crippen molar-refractivity contribution in [2.24, 2.45) is 22.9 Å². The summed E-state index contributed by atoms with van der Waals surface area (Å²) in [7, 11) is 0. The summed E-state index contributed by atoms with van der Waals surface area (Å²) in [6.07, 6.45) is 1.07. The van der Waals surface area contributed by atoms with E-state index in [-0.39, 0.29) is 18.5 Å². The fraction of sp³-hybridized carbons (Fsp3) is 0.719. The highest BCUT2D eigenvalue weighted by Gasteiger charge is 2.48. The number of unbranched alkanes of at least 4 members (excludes halogenated alkanes) is 5. The molecule has 1 saturated heterocycles. The molecule has 15 N–H and O–H groups in total. The molecule has 3 heterocycles. The molecule has 2 fully saturated rings. The van der Waals surface area contributed by atoms with Crippen molar-refractivity contribution in [2.45, 2.75) is 125 Å². The second-order valence-corrected chi connectivity index (χ2v) is 13.1. The molecule has 1 saturated carbocycles. The van der Waals surface area contributed by atoms with Gasteiger partial charge >= 0.3 is 0 Å². The minimum atomic E-state index is -1.27. The van der Waals surface area contributed by atoms with E-state index in [1.165, 1.54) is 10.9 Å². The fourth-order valence-corrected chi connectivity index (χ4v) is 7.05. The van der Waals surface area contributed by atoms with Crippen LogP contribution in [0.4, 0.5) is 0 Å². The lowest BCUT2D eigenvalue weighted by atomic mass is 9.82. The van der Waals surface area contributed by atoms with Gasteiger partial charge in [0.05, 0.1) is 30.3 Å². The number of hydrogen-bond donors (Lipinski definition) is 11. The van der Waals surface area contributed by atoms with Crippen LogP contribution in [0.1, 0.15) is 56.2 Å². The van der Waals surface area contributed by atoms with Crippen LogP contribution >= 0.6 is 0 Å². The number of aliphatic hydroxyl groups is 3. The molecule has 2 aliphatic heterocycles. The van der Waals surface area contributed by atoms with Crippen molar-refractivity contribution in [3.05, 3.63) is 35.5 Å². The zero-order valence-electron chi connectivity index (χ0n) is 26.5. The molecule has 46 heavy (non-hydrogen) atoms. The van der Waals surface area contributed by atoms with Gasteiger partial charge in [0.1, 0.15) is 18.3 Å². The largest absolute Gasteiger partial charge is 0.390 e. The first-order valence-corrected chi connectivity index (χ1v) is 16.8. The maximum Gasteiger partial charge on any atom is 0.237 e. The molecule has 1 aliphatic carbocycles. The average molecular weight is 647 g/mol. The van der Waals surface area contributed by atoms with Gasteiger partial charge in [0, 0.05) is 48.3 Å². The van der Waals surface area contributed by atoms with Crippen molar-refractivity contribution in [3.63, 3.8) is 0 Å². The summed E-state index contributed by atoms with van der Waals surface area (Å²) in [6.45, 7) is 1.94. The number of carbonyl (C=O) groups is 1. The lowest BCUT2D eigenvalue weighted by Crippen LogP contribution is -2.69. The van der Waals surface area contributed by atoms with Crippen molar-refractivity contribution in [1.29, 1.82) is 0 Å². The molecule has 0 radical (unpaired) electrons. The molecule has 1 aromatic heterocycles. The van der Waals surface area contributed by atoms with Gasteiger partial charge in [-0.25, -0.2) is 0 Å². The molecule has 14 heteroatoms. The second kappa shape index (κ2) is 16.3. The SMILES string of the molecule is NC[C@H]1O[C@@H](O[C@H]2[C@@H](NCCCCCCCCNC(=O)C3Cc4c([nH]c5ccccc45)CN3)[C@@H](O)[C@H](N)C[C@@H]2N)[C@H](N)[C@@H](O)[C@@H]1O. The molecule has 0 bridgehead atoms. The van der Waals surface area contributed by atoms with Crippen LogP contribution in [0.5, 0.6) is 0 Å². The summed E-state index contributed by atoms with van der Waals surface area (Å²) in [4.78, 5) is 16.3. The van der Waals surface area contributed by atoms with Crippen molar-refractivity contribution in [3.8, 4) is 0 Å². The zero-order valence-corrected chi connectivity index (χ0v) is 26.5. The summed E-state index contributed by atoms with van der Waals surface area (Å²) in [5.41, 5.74) is 27.9. The second-order valence-electron chi connectivity index (χ2n) is 13.1. The van der Waals surface area contributed by atoms with Crippen molar-refractivity contribution in [2.75, 3.05) is 19.6 Å². The number of hydrogen-bond acceptors (Lipinski definition) is 12. The quantitative estimate of drug-likeness (QED) is 0.101. The fourth-order valence-electron chi connectivity index (χ4n) is 7.05. The maximum absolute atomic E-state index is 12.8. The van der Waals surface area contributed by atoms with Gasteiger partial charge < -0.3 is 63.3 Å². The Kier molecular flexibility index (Phi) is 12.4. The van der Waals surface area contributed by atoms with E-state index in [2.05, 4.69) is 33.1 Å². The first kappa shape index (κ1) is 35.1. The van der Waals surface area contributed by atoms with Crippen LogP contribution in [0.15, 0.2) is 24.3 Å². The van der Waals surface area contributed by atoms with E-state index in [1.807, 2.05) is 12.1 Å². The summed E-state index contributed by atoms with van der Waals surface area (Å²) in [5, 5.41) is 42.5. The van der Waals surface area contributed by atoms with E-state index < -0.39 is 61.0 Å². The monoisotopic (exact) mass is 646 g/mol. The normalized spacial score (nSPS) is 34.8. The first-order chi connectivity index (χ1) is 22.2. The van der Waals surface area contributed by atoms with Crippen LogP contribution in [-0.2, 0) is 27.2 Å². The molecule has 3 aliphatic rings. The third-order valence-electron chi connectivity index (χ3n) is 9.83. The molecule has 0 spiro atoms. The van der Waals surface area contributed by atoms with Crippen molar-refractivity contribution in [1.82, 2.24) is 20.9 Å². The van der Waals surface area contributed by atoms with Gasteiger partial charge in [0.25, 0.3) is 0 Å². The predicted molar refractivity (Wildman–Crippen MR) is 174 cm³/mol. The topological polar surface area (TPSA) is 252 Å². The molecule has 1 amide bonds. The third-order valence-corrected chi connectivity index (χ3v) is 9.83. The maximum atomic E-state index is 12.8. The van der Waals surface area contributed by atoms with E-state index in [9.17, 15) is 20.1 Å². The first-order valence-electron chi connectivity index (χ1n) is 16.8. The molecule has 11 atom stereocenters. The van der Waals surface area contributed by atoms with Crippen molar-refractivity contribution >= 4 is 16.8 Å². The van der Waals surface area contributed by atoms with Gasteiger partial charge in [-0.2, -0.15) is 0 Å². The lowest BCUT2D eigenvalue weighted by Gasteiger charge is -2.47. The lowest BCUT2D eigenvalue weighted by molar-refractivity contribution is -0.279. The molecule has 1 unspecified atom stereocenters. The number of aromatic nitrogens is 1. The van der Waals surface area contributed by atoms with Gasteiger partial charge in [-0.15, -0.1) is 0 Å². The Morgan fingerprint density at radius 3 is 2.43 bits per heavy atom. The minimum Gasteiger partial charge on any atom is -0.390 e. The van der Waals surface area contributed by atoms with Crippen LogP contribution in [0.2, 0.25) is 0 Å². The number of rotatable bonds is 14. The number of H-pyrrole nitrogens is 1.